The van der Waals surface area contributed by atoms with Gasteiger partial charge in [0.05, 0.1) is 24.2 Å². The summed E-state index contributed by atoms with van der Waals surface area (Å²) in [6.45, 7) is 5.50. The van der Waals surface area contributed by atoms with Gasteiger partial charge in [0.25, 0.3) is 0 Å². The van der Waals surface area contributed by atoms with Crippen molar-refractivity contribution in [1.82, 2.24) is 9.97 Å². The van der Waals surface area contributed by atoms with Gasteiger partial charge in [0.1, 0.15) is 0 Å². The predicted octanol–water partition coefficient (Wildman–Crippen LogP) is 3.36. The zero-order chi connectivity index (χ0) is 22.1. The number of benzene rings is 2. The Balaban J connectivity index is 1.34. The van der Waals surface area contributed by atoms with E-state index in [2.05, 4.69) is 22.3 Å². The van der Waals surface area contributed by atoms with Gasteiger partial charge in [-0.1, -0.05) is 18.2 Å². The molecule has 0 saturated carbocycles. The van der Waals surface area contributed by atoms with Crippen molar-refractivity contribution >= 4 is 22.7 Å². The van der Waals surface area contributed by atoms with Crippen LogP contribution in [0.5, 0.6) is 11.5 Å². The summed E-state index contributed by atoms with van der Waals surface area (Å²) in [7, 11) is 0. The van der Waals surface area contributed by atoms with Crippen LogP contribution >= 0.6 is 0 Å². The molecule has 1 aromatic heterocycles. The third-order valence-corrected chi connectivity index (χ3v) is 6.89. The first-order chi connectivity index (χ1) is 16.3. The third-order valence-electron chi connectivity index (χ3n) is 6.89. The Morgan fingerprint density at radius 2 is 1.58 bits per heavy atom. The highest BCUT2D eigenvalue weighted by molar-refractivity contribution is 5.80. The molecule has 1 N–H and O–H groups in total. The zero-order valence-corrected chi connectivity index (χ0v) is 18.6. The van der Waals surface area contributed by atoms with E-state index in [4.69, 9.17) is 28.9 Å². The van der Waals surface area contributed by atoms with E-state index in [0.717, 1.165) is 79.9 Å². The van der Waals surface area contributed by atoms with Crippen molar-refractivity contribution in [3.05, 3.63) is 48.0 Å². The Morgan fingerprint density at radius 3 is 2.39 bits per heavy atom. The van der Waals surface area contributed by atoms with Crippen LogP contribution in [0.25, 0.3) is 11.0 Å². The highest BCUT2D eigenvalue weighted by Gasteiger charge is 2.36. The number of rotatable bonds is 5. The number of para-hydroxylation sites is 2. The maximum Gasteiger partial charge on any atom is 0.231 e. The van der Waals surface area contributed by atoms with E-state index in [9.17, 15) is 0 Å². The fourth-order valence-corrected chi connectivity index (χ4v) is 4.91. The van der Waals surface area contributed by atoms with E-state index in [1.54, 1.807) is 0 Å². The number of anilines is 2. The number of aromatic nitrogens is 2. The van der Waals surface area contributed by atoms with Crippen LogP contribution < -0.4 is 19.7 Å². The van der Waals surface area contributed by atoms with E-state index >= 15 is 0 Å². The summed E-state index contributed by atoms with van der Waals surface area (Å²) in [5.41, 5.74) is 2.95. The molecular weight excluding hydrogens is 420 g/mol. The highest BCUT2D eigenvalue weighted by atomic mass is 16.7. The molecule has 0 radical (unpaired) electrons. The average molecular weight is 449 g/mol. The molecule has 2 aromatic carbocycles. The summed E-state index contributed by atoms with van der Waals surface area (Å²) in [5.74, 6) is 3.34. The largest absolute Gasteiger partial charge is 0.454 e. The Hall–Kier alpha value is -3.10. The Labute approximate surface area is 192 Å². The average Bonchev–Trinajstić information content (AvgIpc) is 3.36. The molecule has 0 unspecified atom stereocenters. The molecule has 6 rings (SSSR count). The monoisotopic (exact) mass is 448 g/mol. The molecule has 0 aliphatic carbocycles. The standard InChI is InChI=1S/C25H28N4O4/c1-2-4-20-19(3-1)27-23(24(28-20)29-9-13-31-14-10-29)26-16-25(7-11-30-12-8-25)18-5-6-21-22(15-18)33-17-32-21/h1-6,15H,7-14,16-17H2,(H,26,27). The molecule has 3 aliphatic heterocycles. The van der Waals surface area contributed by atoms with Crippen molar-refractivity contribution in [1.29, 1.82) is 0 Å². The van der Waals surface area contributed by atoms with Crippen molar-refractivity contribution in [2.24, 2.45) is 0 Å². The molecule has 3 aliphatic rings. The van der Waals surface area contributed by atoms with Crippen LogP contribution in [0.1, 0.15) is 18.4 Å². The molecule has 4 heterocycles. The van der Waals surface area contributed by atoms with Crippen LogP contribution in [0.4, 0.5) is 11.6 Å². The van der Waals surface area contributed by atoms with Gasteiger partial charge in [-0.15, -0.1) is 0 Å². The number of morpholine rings is 1. The molecule has 3 aromatic rings. The summed E-state index contributed by atoms with van der Waals surface area (Å²) in [4.78, 5) is 12.2. The lowest BCUT2D eigenvalue weighted by Crippen LogP contribution is -2.41. The van der Waals surface area contributed by atoms with Gasteiger partial charge in [-0.3, -0.25) is 0 Å². The van der Waals surface area contributed by atoms with Crippen LogP contribution in [0.3, 0.4) is 0 Å². The van der Waals surface area contributed by atoms with Crippen LogP contribution in [0, 0.1) is 0 Å². The SMILES string of the molecule is c1ccc2nc(N3CCOCC3)c(NCC3(c4ccc5c(c4)OCO5)CCOCC3)nc2c1. The molecule has 33 heavy (non-hydrogen) atoms. The van der Waals surface area contributed by atoms with Crippen LogP contribution in [0.15, 0.2) is 42.5 Å². The molecule has 2 saturated heterocycles. The summed E-state index contributed by atoms with van der Waals surface area (Å²) in [5, 5.41) is 3.70. The number of hydrogen-bond donors (Lipinski definition) is 1. The molecule has 172 valence electrons. The number of nitrogens with one attached hydrogen (secondary N) is 1. The Morgan fingerprint density at radius 1 is 0.848 bits per heavy atom. The lowest BCUT2D eigenvalue weighted by Gasteiger charge is -2.38. The molecule has 8 heteroatoms. The first-order valence-corrected chi connectivity index (χ1v) is 11.6. The second-order valence-electron chi connectivity index (χ2n) is 8.80. The molecule has 0 bridgehead atoms. The summed E-state index contributed by atoms with van der Waals surface area (Å²) in [6, 6.07) is 14.3. The number of fused-ring (bicyclic) bond motifs is 2. The zero-order valence-electron chi connectivity index (χ0n) is 18.6. The van der Waals surface area contributed by atoms with Crippen molar-refractivity contribution in [3.63, 3.8) is 0 Å². The van der Waals surface area contributed by atoms with Crippen molar-refractivity contribution in [3.8, 4) is 11.5 Å². The third kappa shape index (κ3) is 3.94. The van der Waals surface area contributed by atoms with Crippen molar-refractivity contribution < 1.29 is 18.9 Å². The molecule has 0 spiro atoms. The van der Waals surface area contributed by atoms with E-state index in [1.165, 1.54) is 5.56 Å². The summed E-state index contributed by atoms with van der Waals surface area (Å²) in [6.07, 6.45) is 1.85. The second-order valence-corrected chi connectivity index (χ2v) is 8.80. The first kappa shape index (κ1) is 20.5. The van der Waals surface area contributed by atoms with Gasteiger partial charge >= 0.3 is 0 Å². The minimum Gasteiger partial charge on any atom is -0.454 e. The van der Waals surface area contributed by atoms with Gasteiger partial charge in [0.15, 0.2) is 23.1 Å². The van der Waals surface area contributed by atoms with Crippen molar-refractivity contribution in [2.45, 2.75) is 18.3 Å². The van der Waals surface area contributed by atoms with Gasteiger partial charge in [-0.05, 0) is 42.7 Å². The summed E-state index contributed by atoms with van der Waals surface area (Å²) < 4.78 is 22.5. The molecular formula is C25H28N4O4. The van der Waals surface area contributed by atoms with Crippen molar-refractivity contribution in [2.75, 3.05) is 63.1 Å². The van der Waals surface area contributed by atoms with Gasteiger partial charge < -0.3 is 29.2 Å². The van der Waals surface area contributed by atoms with Crippen LogP contribution in [0.2, 0.25) is 0 Å². The molecule has 0 amide bonds. The molecule has 8 nitrogen and oxygen atoms in total. The fraction of sp³-hybridized carbons (Fsp3) is 0.440. The van der Waals surface area contributed by atoms with E-state index < -0.39 is 0 Å². The lowest BCUT2D eigenvalue weighted by molar-refractivity contribution is 0.0543. The normalized spacial score (nSPS) is 19.6. The van der Waals surface area contributed by atoms with E-state index in [-0.39, 0.29) is 12.2 Å². The minimum atomic E-state index is -0.0885. The minimum absolute atomic E-state index is 0.0885. The fourth-order valence-electron chi connectivity index (χ4n) is 4.91. The predicted molar refractivity (Wildman–Crippen MR) is 125 cm³/mol. The van der Waals surface area contributed by atoms with E-state index in [0.29, 0.717) is 13.2 Å². The lowest BCUT2D eigenvalue weighted by atomic mass is 9.74. The molecule has 2 fully saturated rings. The topological polar surface area (TPSA) is 78.0 Å². The quantitative estimate of drug-likeness (QED) is 0.637. The van der Waals surface area contributed by atoms with Crippen LogP contribution in [-0.2, 0) is 14.9 Å². The molecule has 0 atom stereocenters. The van der Waals surface area contributed by atoms with Gasteiger partial charge in [0, 0.05) is 38.3 Å². The number of ether oxygens (including phenoxy) is 4. The highest BCUT2D eigenvalue weighted by Crippen LogP contribution is 2.41. The van der Waals surface area contributed by atoms with E-state index in [1.807, 2.05) is 30.3 Å². The van der Waals surface area contributed by atoms with Crippen LogP contribution in [-0.4, -0.2) is 62.8 Å². The maximum atomic E-state index is 5.73. The van der Waals surface area contributed by atoms with Gasteiger partial charge in [0.2, 0.25) is 6.79 Å². The second kappa shape index (κ2) is 8.68. The Kier molecular flexibility index (Phi) is 5.39. The van der Waals surface area contributed by atoms with Gasteiger partial charge in [-0.2, -0.15) is 0 Å². The smallest absolute Gasteiger partial charge is 0.231 e. The summed E-state index contributed by atoms with van der Waals surface area (Å²) >= 11 is 0. The van der Waals surface area contributed by atoms with Gasteiger partial charge in [-0.25, -0.2) is 9.97 Å². The Bertz CT molecular complexity index is 1140. The number of hydrogen-bond acceptors (Lipinski definition) is 8. The number of nitrogens with zero attached hydrogens (tertiary/aromatic N) is 3. The maximum absolute atomic E-state index is 5.73. The first-order valence-electron chi connectivity index (χ1n) is 11.6.